The van der Waals surface area contributed by atoms with Crippen molar-refractivity contribution in [2.24, 2.45) is 17.8 Å². The molecule has 3 atom stereocenters. The van der Waals surface area contributed by atoms with E-state index in [0.29, 0.717) is 12.8 Å². The van der Waals surface area contributed by atoms with E-state index in [-0.39, 0.29) is 47.6 Å². The predicted molar refractivity (Wildman–Crippen MR) is 106 cm³/mol. The van der Waals surface area contributed by atoms with Crippen molar-refractivity contribution in [2.45, 2.75) is 57.5 Å². The van der Waals surface area contributed by atoms with Crippen LogP contribution < -0.4 is 5.32 Å². The van der Waals surface area contributed by atoms with Gasteiger partial charge in [-0.3, -0.25) is 19.3 Å². The van der Waals surface area contributed by atoms with E-state index in [1.807, 2.05) is 49.4 Å². The fourth-order valence-corrected chi connectivity index (χ4v) is 4.94. The molecule has 3 aliphatic rings. The van der Waals surface area contributed by atoms with Crippen molar-refractivity contribution < 1.29 is 14.4 Å². The zero-order valence-corrected chi connectivity index (χ0v) is 16.3. The second kappa shape index (κ2) is 7.90. The Labute approximate surface area is 166 Å². The minimum Gasteiger partial charge on any atom is -0.349 e. The first-order valence-corrected chi connectivity index (χ1v) is 10.4. The first kappa shape index (κ1) is 18.9. The summed E-state index contributed by atoms with van der Waals surface area (Å²) < 4.78 is 0. The standard InChI is InChI=1S/C23H28N2O3/c1-15(16-7-3-2-4-8-16)24-21(26)17-11-13-18(14-12-17)25-22(27)19-9-5-6-10-20(19)23(25)28/h2-8,15,17-20H,9-14H2,1H3,(H,24,26). The third-order valence-corrected chi connectivity index (χ3v) is 6.63. The number of carbonyl (C=O) groups is 3. The van der Waals surface area contributed by atoms with E-state index < -0.39 is 0 Å². The molecule has 0 radical (unpaired) electrons. The highest BCUT2D eigenvalue weighted by atomic mass is 16.2. The fraction of sp³-hybridized carbons (Fsp3) is 0.522. The van der Waals surface area contributed by atoms with Gasteiger partial charge in [-0.15, -0.1) is 0 Å². The number of nitrogens with one attached hydrogen (secondary N) is 1. The molecule has 2 fully saturated rings. The number of imide groups is 1. The lowest BCUT2D eigenvalue weighted by Crippen LogP contribution is -2.44. The van der Waals surface area contributed by atoms with Gasteiger partial charge in [0.15, 0.2) is 0 Å². The van der Waals surface area contributed by atoms with Gasteiger partial charge in [0.25, 0.3) is 0 Å². The summed E-state index contributed by atoms with van der Waals surface area (Å²) in [6.45, 7) is 2.00. The Hall–Kier alpha value is -2.43. The molecule has 0 spiro atoms. The largest absolute Gasteiger partial charge is 0.349 e. The average Bonchev–Trinajstić information content (AvgIpc) is 2.99. The smallest absolute Gasteiger partial charge is 0.233 e. The number of amides is 3. The van der Waals surface area contributed by atoms with E-state index in [2.05, 4.69) is 5.32 Å². The van der Waals surface area contributed by atoms with E-state index in [1.54, 1.807) is 4.90 Å². The van der Waals surface area contributed by atoms with Crippen molar-refractivity contribution >= 4 is 17.7 Å². The molecule has 1 aromatic carbocycles. The summed E-state index contributed by atoms with van der Waals surface area (Å²) in [6, 6.07) is 9.87. The molecular formula is C23H28N2O3. The molecule has 28 heavy (non-hydrogen) atoms. The normalized spacial score (nSPS) is 30.8. The molecule has 3 unspecified atom stereocenters. The summed E-state index contributed by atoms with van der Waals surface area (Å²) in [7, 11) is 0. The predicted octanol–water partition coefficient (Wildman–Crippen LogP) is 3.37. The maximum absolute atomic E-state index is 12.8. The molecule has 1 N–H and O–H groups in total. The molecule has 0 aromatic heterocycles. The van der Waals surface area contributed by atoms with Crippen LogP contribution in [-0.2, 0) is 14.4 Å². The average molecular weight is 380 g/mol. The van der Waals surface area contributed by atoms with Crippen molar-refractivity contribution in [2.75, 3.05) is 0 Å². The van der Waals surface area contributed by atoms with Crippen LogP contribution in [0.2, 0.25) is 0 Å². The van der Waals surface area contributed by atoms with Gasteiger partial charge >= 0.3 is 0 Å². The second-order valence-corrected chi connectivity index (χ2v) is 8.35. The molecule has 5 nitrogen and oxygen atoms in total. The molecule has 5 heteroatoms. The Morgan fingerprint density at radius 3 is 2.11 bits per heavy atom. The highest BCUT2D eigenvalue weighted by Gasteiger charge is 2.50. The number of hydrogen-bond acceptors (Lipinski definition) is 3. The second-order valence-electron chi connectivity index (χ2n) is 8.35. The van der Waals surface area contributed by atoms with Crippen LogP contribution in [0.5, 0.6) is 0 Å². The summed E-state index contributed by atoms with van der Waals surface area (Å²) in [4.78, 5) is 39.7. The van der Waals surface area contributed by atoms with Crippen LogP contribution in [0.25, 0.3) is 0 Å². The Morgan fingerprint density at radius 1 is 0.964 bits per heavy atom. The lowest BCUT2D eigenvalue weighted by Gasteiger charge is -2.33. The van der Waals surface area contributed by atoms with E-state index in [4.69, 9.17) is 0 Å². The summed E-state index contributed by atoms with van der Waals surface area (Å²) in [5.41, 5.74) is 1.09. The first-order valence-electron chi connectivity index (χ1n) is 10.4. The molecule has 1 saturated heterocycles. The third kappa shape index (κ3) is 3.50. The summed E-state index contributed by atoms with van der Waals surface area (Å²) in [6.07, 6.45) is 8.30. The molecule has 2 aliphatic carbocycles. The van der Waals surface area contributed by atoms with Crippen LogP contribution in [0.15, 0.2) is 42.5 Å². The van der Waals surface area contributed by atoms with Crippen molar-refractivity contribution in [3.05, 3.63) is 48.0 Å². The van der Waals surface area contributed by atoms with Crippen LogP contribution in [0.3, 0.4) is 0 Å². The molecule has 0 bridgehead atoms. The van der Waals surface area contributed by atoms with Crippen molar-refractivity contribution in [1.82, 2.24) is 10.2 Å². The first-order chi connectivity index (χ1) is 13.6. The molecular weight excluding hydrogens is 352 g/mol. The van der Waals surface area contributed by atoms with E-state index >= 15 is 0 Å². The summed E-state index contributed by atoms with van der Waals surface area (Å²) in [5, 5.41) is 3.11. The van der Waals surface area contributed by atoms with Crippen LogP contribution in [-0.4, -0.2) is 28.7 Å². The van der Waals surface area contributed by atoms with Gasteiger partial charge in [-0.25, -0.2) is 0 Å². The quantitative estimate of drug-likeness (QED) is 0.643. The molecule has 1 saturated carbocycles. The number of hydrogen-bond donors (Lipinski definition) is 1. The fourth-order valence-electron chi connectivity index (χ4n) is 4.94. The topological polar surface area (TPSA) is 66.5 Å². The maximum atomic E-state index is 12.8. The van der Waals surface area contributed by atoms with Gasteiger partial charge in [-0.2, -0.15) is 0 Å². The summed E-state index contributed by atoms with van der Waals surface area (Å²) >= 11 is 0. The van der Waals surface area contributed by atoms with Crippen LogP contribution in [0.4, 0.5) is 0 Å². The number of allylic oxidation sites excluding steroid dienone is 2. The van der Waals surface area contributed by atoms with Gasteiger partial charge in [0.1, 0.15) is 0 Å². The van der Waals surface area contributed by atoms with Gasteiger partial charge in [-0.1, -0.05) is 42.5 Å². The molecule has 3 amide bonds. The molecule has 4 rings (SSSR count). The van der Waals surface area contributed by atoms with Crippen molar-refractivity contribution in [3.8, 4) is 0 Å². The Kier molecular flexibility index (Phi) is 5.33. The molecule has 1 heterocycles. The zero-order valence-electron chi connectivity index (χ0n) is 16.3. The maximum Gasteiger partial charge on any atom is 0.233 e. The molecule has 1 aromatic rings. The van der Waals surface area contributed by atoms with Crippen LogP contribution in [0, 0.1) is 17.8 Å². The lowest BCUT2D eigenvalue weighted by atomic mass is 9.84. The van der Waals surface area contributed by atoms with Gasteiger partial charge in [0, 0.05) is 12.0 Å². The monoisotopic (exact) mass is 380 g/mol. The Bertz CT molecular complexity index is 754. The zero-order chi connectivity index (χ0) is 19.7. The van der Waals surface area contributed by atoms with Crippen LogP contribution in [0.1, 0.15) is 57.1 Å². The third-order valence-electron chi connectivity index (χ3n) is 6.63. The van der Waals surface area contributed by atoms with Crippen LogP contribution >= 0.6 is 0 Å². The van der Waals surface area contributed by atoms with Gasteiger partial charge in [0.05, 0.1) is 17.9 Å². The SMILES string of the molecule is CC(NC(=O)C1CCC(N2C(=O)C3CC=CCC3C2=O)CC1)c1ccccc1. The molecule has 148 valence electrons. The van der Waals surface area contributed by atoms with E-state index in [9.17, 15) is 14.4 Å². The van der Waals surface area contributed by atoms with E-state index in [0.717, 1.165) is 31.2 Å². The van der Waals surface area contributed by atoms with E-state index in [1.165, 1.54) is 0 Å². The van der Waals surface area contributed by atoms with Crippen molar-refractivity contribution in [3.63, 3.8) is 0 Å². The van der Waals surface area contributed by atoms with Crippen molar-refractivity contribution in [1.29, 1.82) is 0 Å². The molecule has 1 aliphatic heterocycles. The highest BCUT2D eigenvalue weighted by Crippen LogP contribution is 2.39. The van der Waals surface area contributed by atoms with Gasteiger partial charge in [-0.05, 0) is 51.0 Å². The number of rotatable bonds is 4. The number of likely N-dealkylation sites (tertiary alicyclic amines) is 1. The Morgan fingerprint density at radius 2 is 1.54 bits per heavy atom. The Balaban J connectivity index is 1.33. The van der Waals surface area contributed by atoms with Gasteiger partial charge in [0.2, 0.25) is 17.7 Å². The highest BCUT2D eigenvalue weighted by molar-refractivity contribution is 6.05. The lowest BCUT2D eigenvalue weighted by molar-refractivity contribution is -0.143. The minimum absolute atomic E-state index is 0.00458. The van der Waals surface area contributed by atoms with Gasteiger partial charge < -0.3 is 5.32 Å². The number of carbonyl (C=O) groups excluding carboxylic acids is 3. The number of fused-ring (bicyclic) bond motifs is 1. The number of nitrogens with zero attached hydrogens (tertiary/aromatic N) is 1. The number of benzene rings is 1. The summed E-state index contributed by atoms with van der Waals surface area (Å²) in [5.74, 6) is -0.281. The minimum atomic E-state index is -0.162.